The van der Waals surface area contributed by atoms with Gasteiger partial charge >= 0.3 is 0 Å². The average Bonchev–Trinajstić information content (AvgIpc) is 3.37. The third-order valence-corrected chi connectivity index (χ3v) is 6.22. The molecular formula is C22H24N4O3S. The summed E-state index contributed by atoms with van der Waals surface area (Å²) in [5.41, 5.74) is 3.07. The van der Waals surface area contributed by atoms with Crippen LogP contribution in [0.15, 0.2) is 40.2 Å². The lowest BCUT2D eigenvalue weighted by Crippen LogP contribution is -2.42. The highest BCUT2D eigenvalue weighted by molar-refractivity contribution is 7.13. The number of hydrogen-bond donors (Lipinski definition) is 1. The fourth-order valence-corrected chi connectivity index (χ4v) is 4.35. The quantitative estimate of drug-likeness (QED) is 0.672. The number of amides is 2. The minimum atomic E-state index is -0.126. The molecule has 8 heteroatoms. The number of carbonyl (C=O) groups is 2. The van der Waals surface area contributed by atoms with Crippen LogP contribution in [0.4, 0.5) is 5.82 Å². The van der Waals surface area contributed by atoms with E-state index >= 15 is 0 Å². The van der Waals surface area contributed by atoms with E-state index in [2.05, 4.69) is 46.6 Å². The first-order valence-corrected chi connectivity index (χ1v) is 10.9. The molecule has 1 aromatic carbocycles. The normalized spacial score (nSPS) is 14.7. The zero-order chi connectivity index (χ0) is 21.1. The van der Waals surface area contributed by atoms with Crippen molar-refractivity contribution < 1.29 is 14.1 Å². The summed E-state index contributed by atoms with van der Waals surface area (Å²) >= 11 is 1.56. The van der Waals surface area contributed by atoms with Crippen molar-refractivity contribution in [2.45, 2.75) is 33.1 Å². The van der Waals surface area contributed by atoms with Gasteiger partial charge in [-0.1, -0.05) is 35.0 Å². The van der Waals surface area contributed by atoms with Crippen LogP contribution in [0, 0.1) is 19.8 Å². The predicted octanol–water partition coefficient (Wildman–Crippen LogP) is 3.83. The van der Waals surface area contributed by atoms with E-state index in [9.17, 15) is 9.59 Å². The number of rotatable bonds is 5. The Morgan fingerprint density at radius 2 is 1.93 bits per heavy atom. The number of anilines is 1. The van der Waals surface area contributed by atoms with E-state index in [0.717, 1.165) is 16.3 Å². The van der Waals surface area contributed by atoms with E-state index < -0.39 is 0 Å². The molecule has 0 saturated carbocycles. The maximum absolute atomic E-state index is 12.7. The summed E-state index contributed by atoms with van der Waals surface area (Å²) in [6.45, 7) is 4.98. The van der Waals surface area contributed by atoms with Gasteiger partial charge in [-0.05, 0) is 26.7 Å². The Kier molecular flexibility index (Phi) is 5.94. The van der Waals surface area contributed by atoms with Crippen molar-refractivity contribution in [3.63, 3.8) is 0 Å². The van der Waals surface area contributed by atoms with Gasteiger partial charge in [-0.2, -0.15) is 0 Å². The van der Waals surface area contributed by atoms with Gasteiger partial charge in [0.05, 0.1) is 12.1 Å². The number of nitrogens with zero attached hydrogens (tertiary/aromatic N) is 3. The second-order valence-corrected chi connectivity index (χ2v) is 8.51. The molecule has 156 valence electrons. The molecule has 30 heavy (non-hydrogen) atoms. The van der Waals surface area contributed by atoms with Crippen molar-refractivity contribution in [1.29, 1.82) is 0 Å². The predicted molar refractivity (Wildman–Crippen MR) is 115 cm³/mol. The topological polar surface area (TPSA) is 88.3 Å². The van der Waals surface area contributed by atoms with Crippen LogP contribution in [0.3, 0.4) is 0 Å². The molecule has 1 aliphatic heterocycles. The summed E-state index contributed by atoms with van der Waals surface area (Å²) < 4.78 is 4.97. The van der Waals surface area contributed by atoms with E-state index in [0.29, 0.717) is 37.5 Å². The molecule has 0 unspecified atom stereocenters. The molecule has 0 bridgehead atoms. The van der Waals surface area contributed by atoms with Crippen LogP contribution in [0.5, 0.6) is 0 Å². The third-order valence-electron chi connectivity index (χ3n) is 5.28. The van der Waals surface area contributed by atoms with Crippen LogP contribution in [0.25, 0.3) is 10.6 Å². The maximum Gasteiger partial charge on any atom is 0.228 e. The molecule has 0 spiro atoms. The van der Waals surface area contributed by atoms with Crippen molar-refractivity contribution in [2.24, 2.45) is 5.92 Å². The van der Waals surface area contributed by atoms with Crippen LogP contribution >= 0.6 is 11.3 Å². The number of benzene rings is 1. The second kappa shape index (κ2) is 8.79. The van der Waals surface area contributed by atoms with Gasteiger partial charge in [0.15, 0.2) is 5.82 Å². The summed E-state index contributed by atoms with van der Waals surface area (Å²) in [7, 11) is 0. The highest BCUT2D eigenvalue weighted by Crippen LogP contribution is 2.25. The van der Waals surface area contributed by atoms with Gasteiger partial charge in [-0.3, -0.25) is 9.59 Å². The molecule has 0 atom stereocenters. The van der Waals surface area contributed by atoms with Gasteiger partial charge in [0, 0.05) is 36.0 Å². The highest BCUT2D eigenvalue weighted by atomic mass is 32.1. The van der Waals surface area contributed by atoms with E-state index in [4.69, 9.17) is 4.52 Å². The van der Waals surface area contributed by atoms with Crippen molar-refractivity contribution in [2.75, 3.05) is 18.4 Å². The first kappa shape index (κ1) is 20.3. The third kappa shape index (κ3) is 4.76. The molecule has 1 N–H and O–H groups in total. The summed E-state index contributed by atoms with van der Waals surface area (Å²) in [6.07, 6.45) is 1.57. The highest BCUT2D eigenvalue weighted by Gasteiger charge is 2.28. The Hall–Kier alpha value is -3.00. The van der Waals surface area contributed by atoms with Crippen LogP contribution in [-0.2, 0) is 16.0 Å². The van der Waals surface area contributed by atoms with Crippen molar-refractivity contribution in [3.8, 4) is 10.6 Å². The lowest BCUT2D eigenvalue weighted by molar-refractivity contribution is -0.133. The van der Waals surface area contributed by atoms with Gasteiger partial charge in [0.1, 0.15) is 10.8 Å². The number of thiazole rings is 1. The molecule has 2 aromatic heterocycles. The zero-order valence-electron chi connectivity index (χ0n) is 17.1. The largest absolute Gasteiger partial charge is 0.360 e. The maximum atomic E-state index is 12.7. The average molecular weight is 425 g/mol. The molecule has 1 saturated heterocycles. The van der Waals surface area contributed by atoms with Gasteiger partial charge in [0.25, 0.3) is 0 Å². The van der Waals surface area contributed by atoms with Gasteiger partial charge in [-0.15, -0.1) is 11.3 Å². The molecule has 3 heterocycles. The zero-order valence-corrected chi connectivity index (χ0v) is 17.9. The van der Waals surface area contributed by atoms with E-state index in [1.54, 1.807) is 24.3 Å². The van der Waals surface area contributed by atoms with E-state index in [-0.39, 0.29) is 24.2 Å². The number of piperidine rings is 1. The first-order valence-electron chi connectivity index (χ1n) is 10.0. The fraction of sp³-hybridized carbons (Fsp3) is 0.364. The van der Waals surface area contributed by atoms with Gasteiger partial charge < -0.3 is 14.7 Å². The molecule has 3 aromatic rings. The molecule has 4 rings (SSSR count). The SMILES string of the molecule is Cc1ccc(-c2nc(CC(=O)N3CCC(C(=O)Nc4cc(C)on4)CC3)cs2)cc1. The lowest BCUT2D eigenvalue weighted by Gasteiger charge is -2.31. The smallest absolute Gasteiger partial charge is 0.228 e. The minimum absolute atomic E-state index is 0.0572. The summed E-state index contributed by atoms with van der Waals surface area (Å²) in [5.74, 6) is 0.944. The van der Waals surface area contributed by atoms with E-state index in [1.807, 2.05) is 10.3 Å². The van der Waals surface area contributed by atoms with Crippen molar-refractivity contribution in [1.82, 2.24) is 15.0 Å². The number of nitrogens with one attached hydrogen (secondary N) is 1. The summed E-state index contributed by atoms with van der Waals surface area (Å²) in [4.78, 5) is 31.6. The van der Waals surface area contributed by atoms with Crippen LogP contribution < -0.4 is 5.32 Å². The Morgan fingerprint density at radius 1 is 1.20 bits per heavy atom. The van der Waals surface area contributed by atoms with Crippen LogP contribution in [0.1, 0.15) is 29.9 Å². The Bertz CT molecular complexity index is 1030. The van der Waals surface area contributed by atoms with Crippen LogP contribution in [-0.4, -0.2) is 39.9 Å². The summed E-state index contributed by atoms with van der Waals surface area (Å²) in [6, 6.07) is 9.92. The minimum Gasteiger partial charge on any atom is -0.360 e. The lowest BCUT2D eigenvalue weighted by atomic mass is 9.95. The van der Waals surface area contributed by atoms with Gasteiger partial charge in [-0.25, -0.2) is 4.98 Å². The standard InChI is InChI=1S/C22H24N4O3S/c1-14-3-5-17(6-4-14)22-23-18(13-30-22)12-20(27)26-9-7-16(8-10-26)21(28)24-19-11-15(2)29-25-19/h3-6,11,13,16H,7-10,12H2,1-2H3,(H,24,25,28). The van der Waals surface area contributed by atoms with Crippen molar-refractivity contribution in [3.05, 3.63) is 52.7 Å². The molecule has 0 radical (unpaired) electrons. The monoisotopic (exact) mass is 424 g/mol. The first-order chi connectivity index (χ1) is 14.5. The fourth-order valence-electron chi connectivity index (χ4n) is 3.53. The number of likely N-dealkylation sites (tertiary alicyclic amines) is 1. The molecule has 1 aliphatic rings. The Labute approximate surface area is 179 Å². The molecule has 1 fully saturated rings. The van der Waals surface area contributed by atoms with Crippen LogP contribution in [0.2, 0.25) is 0 Å². The number of aryl methyl sites for hydroxylation is 2. The molecular weight excluding hydrogens is 400 g/mol. The number of hydrogen-bond acceptors (Lipinski definition) is 6. The summed E-state index contributed by atoms with van der Waals surface area (Å²) in [5, 5.41) is 9.45. The van der Waals surface area contributed by atoms with Gasteiger partial charge in [0.2, 0.25) is 11.8 Å². The number of carbonyl (C=O) groups excluding carboxylic acids is 2. The molecule has 0 aliphatic carbocycles. The van der Waals surface area contributed by atoms with Crippen molar-refractivity contribution >= 4 is 29.0 Å². The molecule has 2 amide bonds. The van der Waals surface area contributed by atoms with E-state index in [1.165, 1.54) is 5.56 Å². The Balaban J connectivity index is 1.28. The molecule has 7 nitrogen and oxygen atoms in total. The Morgan fingerprint density at radius 3 is 2.60 bits per heavy atom. The number of aromatic nitrogens is 2. The second-order valence-electron chi connectivity index (χ2n) is 7.65.